The first-order valence-corrected chi connectivity index (χ1v) is 8.00. The minimum atomic E-state index is -1.05. The van der Waals surface area contributed by atoms with Crippen LogP contribution in [0.25, 0.3) is 0 Å². The molecule has 7 heteroatoms. The van der Waals surface area contributed by atoms with Gasteiger partial charge in [0, 0.05) is 11.6 Å². The summed E-state index contributed by atoms with van der Waals surface area (Å²) in [5.41, 5.74) is 0.575. The molecule has 1 saturated carbocycles. The average molecular weight is 342 g/mol. The third-order valence-electron chi connectivity index (χ3n) is 3.65. The average Bonchev–Trinajstić information content (AvgIpc) is 3.26. The summed E-state index contributed by atoms with van der Waals surface area (Å²) in [4.78, 5) is 36.2. The number of carbonyl (C=O) groups is 3. The van der Waals surface area contributed by atoms with E-state index in [4.69, 9.17) is 9.15 Å². The van der Waals surface area contributed by atoms with Crippen LogP contribution in [0.3, 0.4) is 0 Å². The van der Waals surface area contributed by atoms with Gasteiger partial charge in [-0.05, 0) is 25.0 Å². The predicted molar refractivity (Wildman–Crippen MR) is 87.5 cm³/mol. The number of benzene rings is 1. The van der Waals surface area contributed by atoms with Gasteiger partial charge >= 0.3 is 5.97 Å². The number of ether oxygens (including phenoxy) is 1. The molecule has 0 bridgehead atoms. The van der Waals surface area contributed by atoms with E-state index in [2.05, 4.69) is 10.6 Å². The van der Waals surface area contributed by atoms with Gasteiger partial charge in [0.25, 0.3) is 11.8 Å². The van der Waals surface area contributed by atoms with E-state index in [1.54, 1.807) is 30.3 Å². The van der Waals surface area contributed by atoms with E-state index in [0.29, 0.717) is 5.56 Å². The molecule has 2 aromatic rings. The fourth-order valence-corrected chi connectivity index (χ4v) is 2.23. The maximum absolute atomic E-state index is 12.4. The Balaban J connectivity index is 1.59. The second kappa shape index (κ2) is 7.65. The minimum Gasteiger partial charge on any atom is -0.459 e. The van der Waals surface area contributed by atoms with Gasteiger partial charge in [-0.1, -0.05) is 30.3 Å². The summed E-state index contributed by atoms with van der Waals surface area (Å²) in [6.07, 6.45) is 2.18. The fourth-order valence-electron chi connectivity index (χ4n) is 2.23. The number of rotatable bonds is 7. The summed E-state index contributed by atoms with van der Waals surface area (Å²) in [7, 11) is 0. The number of amides is 2. The molecule has 0 unspecified atom stereocenters. The number of esters is 1. The van der Waals surface area contributed by atoms with Crippen molar-refractivity contribution in [3.05, 3.63) is 60.1 Å². The largest absolute Gasteiger partial charge is 0.459 e. The molecule has 1 fully saturated rings. The van der Waals surface area contributed by atoms with Crippen LogP contribution in [0.5, 0.6) is 0 Å². The zero-order chi connectivity index (χ0) is 17.6. The van der Waals surface area contributed by atoms with Gasteiger partial charge in [-0.15, -0.1) is 0 Å². The van der Waals surface area contributed by atoms with E-state index in [1.807, 2.05) is 6.07 Å². The lowest BCUT2D eigenvalue weighted by Crippen LogP contribution is -2.36. The maximum Gasteiger partial charge on any atom is 0.326 e. The monoisotopic (exact) mass is 342 g/mol. The molecule has 1 aromatic carbocycles. The van der Waals surface area contributed by atoms with Crippen LogP contribution in [0, 0.1) is 0 Å². The van der Waals surface area contributed by atoms with Crippen molar-refractivity contribution in [2.45, 2.75) is 25.0 Å². The van der Waals surface area contributed by atoms with Crippen LogP contribution in [-0.2, 0) is 14.3 Å². The van der Waals surface area contributed by atoms with E-state index < -0.39 is 18.0 Å². The predicted octanol–water partition coefficient (Wildman–Crippen LogP) is 1.57. The van der Waals surface area contributed by atoms with Crippen LogP contribution in [0.15, 0.2) is 53.1 Å². The van der Waals surface area contributed by atoms with Gasteiger partial charge in [0.1, 0.15) is 6.54 Å². The molecule has 2 amide bonds. The summed E-state index contributed by atoms with van der Waals surface area (Å²) in [5.74, 6) is -1.50. The van der Waals surface area contributed by atoms with E-state index in [0.717, 1.165) is 12.8 Å². The normalized spacial score (nSPS) is 14.4. The van der Waals surface area contributed by atoms with Crippen molar-refractivity contribution in [1.82, 2.24) is 10.6 Å². The molecule has 25 heavy (non-hydrogen) atoms. The Morgan fingerprint density at radius 2 is 1.88 bits per heavy atom. The molecule has 0 saturated heterocycles. The number of furan rings is 1. The molecule has 3 rings (SSSR count). The van der Waals surface area contributed by atoms with Gasteiger partial charge in [-0.3, -0.25) is 14.4 Å². The van der Waals surface area contributed by atoms with Gasteiger partial charge in [0.15, 0.2) is 5.76 Å². The van der Waals surface area contributed by atoms with Crippen molar-refractivity contribution >= 4 is 17.8 Å². The Hall–Kier alpha value is -3.09. The summed E-state index contributed by atoms with van der Waals surface area (Å²) in [6.45, 7) is -0.362. The first kappa shape index (κ1) is 16.8. The first-order valence-electron chi connectivity index (χ1n) is 8.00. The molecule has 0 radical (unpaired) electrons. The molecule has 0 spiro atoms. The highest BCUT2D eigenvalue weighted by Crippen LogP contribution is 2.23. The summed E-state index contributed by atoms with van der Waals surface area (Å²) < 4.78 is 10.2. The third-order valence-corrected chi connectivity index (χ3v) is 3.65. The Morgan fingerprint density at radius 1 is 1.12 bits per heavy atom. The van der Waals surface area contributed by atoms with E-state index in [-0.39, 0.29) is 24.3 Å². The molecule has 7 nitrogen and oxygen atoms in total. The van der Waals surface area contributed by atoms with Crippen LogP contribution in [-0.4, -0.2) is 30.4 Å². The van der Waals surface area contributed by atoms with Crippen LogP contribution in [0.2, 0.25) is 0 Å². The highest BCUT2D eigenvalue weighted by atomic mass is 16.5. The van der Waals surface area contributed by atoms with Crippen molar-refractivity contribution < 1.29 is 23.5 Å². The quantitative estimate of drug-likeness (QED) is 0.745. The van der Waals surface area contributed by atoms with Crippen LogP contribution >= 0.6 is 0 Å². The lowest BCUT2D eigenvalue weighted by molar-refractivity contribution is -0.155. The molecule has 2 N–H and O–H groups in total. The van der Waals surface area contributed by atoms with Gasteiger partial charge in [0.05, 0.1) is 6.26 Å². The van der Waals surface area contributed by atoms with Crippen molar-refractivity contribution in [2.75, 3.05) is 6.54 Å². The van der Waals surface area contributed by atoms with Crippen LogP contribution in [0.4, 0.5) is 0 Å². The molecule has 1 aromatic heterocycles. The lowest BCUT2D eigenvalue weighted by atomic mass is 10.1. The highest BCUT2D eigenvalue weighted by molar-refractivity contribution is 5.93. The molecular formula is C18H18N2O5. The van der Waals surface area contributed by atoms with E-state index in [9.17, 15) is 14.4 Å². The second-order valence-corrected chi connectivity index (χ2v) is 5.72. The Morgan fingerprint density at radius 3 is 2.52 bits per heavy atom. The first-order chi connectivity index (χ1) is 12.1. The summed E-state index contributed by atoms with van der Waals surface area (Å²) in [5, 5.41) is 5.22. The van der Waals surface area contributed by atoms with E-state index in [1.165, 1.54) is 12.3 Å². The van der Waals surface area contributed by atoms with E-state index >= 15 is 0 Å². The number of hydrogen-bond acceptors (Lipinski definition) is 5. The number of nitrogens with one attached hydrogen (secondary N) is 2. The standard InChI is InChI=1S/C18H18N2O5/c21-15(11-19-17(22)14-7-4-10-24-14)25-16(12-5-2-1-3-6-12)18(23)20-13-8-9-13/h1-7,10,13,16H,8-9,11H2,(H,19,22)(H,20,23)/t16-/m0/s1. The molecule has 1 heterocycles. The number of hydrogen-bond donors (Lipinski definition) is 2. The Bertz CT molecular complexity index is 738. The van der Waals surface area contributed by atoms with Gasteiger partial charge in [-0.2, -0.15) is 0 Å². The van der Waals surface area contributed by atoms with Gasteiger partial charge in [-0.25, -0.2) is 0 Å². The van der Waals surface area contributed by atoms with Gasteiger partial charge in [0.2, 0.25) is 6.10 Å². The minimum absolute atomic E-state index is 0.0962. The highest BCUT2D eigenvalue weighted by Gasteiger charge is 2.30. The topological polar surface area (TPSA) is 97.6 Å². The van der Waals surface area contributed by atoms with Crippen molar-refractivity contribution in [2.24, 2.45) is 0 Å². The molecular weight excluding hydrogens is 324 g/mol. The molecule has 130 valence electrons. The molecule has 1 atom stereocenters. The van der Waals surface area contributed by atoms with Crippen molar-refractivity contribution in [3.8, 4) is 0 Å². The van der Waals surface area contributed by atoms with Gasteiger partial charge < -0.3 is 19.8 Å². The fraction of sp³-hybridized carbons (Fsp3) is 0.278. The summed E-state index contributed by atoms with van der Waals surface area (Å²) in [6, 6.07) is 12.0. The van der Waals surface area contributed by atoms with Crippen molar-refractivity contribution in [3.63, 3.8) is 0 Å². The SMILES string of the molecule is O=C(CNC(=O)c1ccco1)O[C@H](C(=O)NC1CC1)c1ccccc1. The lowest BCUT2D eigenvalue weighted by Gasteiger charge is -2.18. The third kappa shape index (κ3) is 4.69. The summed E-state index contributed by atoms with van der Waals surface area (Å²) >= 11 is 0. The van der Waals surface area contributed by atoms with Crippen LogP contribution < -0.4 is 10.6 Å². The zero-order valence-electron chi connectivity index (χ0n) is 13.4. The smallest absolute Gasteiger partial charge is 0.326 e. The van der Waals surface area contributed by atoms with Crippen LogP contribution in [0.1, 0.15) is 35.1 Å². The Kier molecular flexibility index (Phi) is 5.13. The molecule has 1 aliphatic carbocycles. The Labute approximate surface area is 144 Å². The second-order valence-electron chi connectivity index (χ2n) is 5.72. The zero-order valence-corrected chi connectivity index (χ0v) is 13.4. The molecule has 0 aliphatic heterocycles. The molecule has 1 aliphatic rings. The number of carbonyl (C=O) groups excluding carboxylic acids is 3. The van der Waals surface area contributed by atoms with Crippen molar-refractivity contribution in [1.29, 1.82) is 0 Å². The maximum atomic E-state index is 12.4.